The lowest BCUT2D eigenvalue weighted by Crippen LogP contribution is -2.45. The molecule has 2 saturated heterocycles. The summed E-state index contributed by atoms with van der Waals surface area (Å²) in [6, 6.07) is 5.59. The van der Waals surface area contributed by atoms with Gasteiger partial charge < -0.3 is 19.3 Å². The highest BCUT2D eigenvalue weighted by Crippen LogP contribution is 2.32. The fourth-order valence-corrected chi connectivity index (χ4v) is 3.60. The van der Waals surface area contributed by atoms with E-state index < -0.39 is 5.79 Å². The predicted octanol–water partition coefficient (Wildman–Crippen LogP) is 1.53. The first-order chi connectivity index (χ1) is 13.7. The van der Waals surface area contributed by atoms with E-state index in [9.17, 15) is 4.79 Å². The van der Waals surface area contributed by atoms with E-state index in [1.807, 2.05) is 12.1 Å². The molecule has 0 radical (unpaired) electrons. The van der Waals surface area contributed by atoms with Crippen molar-refractivity contribution in [2.45, 2.75) is 25.0 Å². The Hall–Kier alpha value is -2.58. The third kappa shape index (κ3) is 4.13. The second kappa shape index (κ2) is 8.20. The van der Waals surface area contributed by atoms with E-state index in [1.54, 1.807) is 36.6 Å². The van der Waals surface area contributed by atoms with Crippen molar-refractivity contribution >= 4 is 11.9 Å². The molecule has 0 saturated carbocycles. The third-order valence-corrected chi connectivity index (χ3v) is 5.32. The smallest absolute Gasteiger partial charge is 0.272 e. The van der Waals surface area contributed by atoms with Crippen LogP contribution in [0.15, 0.2) is 36.8 Å². The van der Waals surface area contributed by atoms with E-state index in [1.165, 1.54) is 0 Å². The summed E-state index contributed by atoms with van der Waals surface area (Å²) in [6.07, 6.45) is 7.51. The van der Waals surface area contributed by atoms with E-state index in [2.05, 4.69) is 19.9 Å². The van der Waals surface area contributed by atoms with Gasteiger partial charge in [-0.05, 0) is 30.2 Å². The molecule has 0 aromatic carbocycles. The van der Waals surface area contributed by atoms with Crippen LogP contribution in [-0.4, -0.2) is 71.4 Å². The van der Waals surface area contributed by atoms with E-state index in [0.717, 1.165) is 37.9 Å². The highest BCUT2D eigenvalue weighted by Gasteiger charge is 2.40. The molecule has 8 nitrogen and oxygen atoms in total. The number of anilines is 1. The van der Waals surface area contributed by atoms with Gasteiger partial charge in [0.1, 0.15) is 5.69 Å². The van der Waals surface area contributed by atoms with E-state index in [0.29, 0.717) is 31.4 Å². The normalized spacial score (nSPS) is 18.4. The molecule has 1 spiro atoms. The second-order valence-corrected chi connectivity index (χ2v) is 7.17. The number of rotatable bonds is 5. The molecule has 28 heavy (non-hydrogen) atoms. The van der Waals surface area contributed by atoms with E-state index in [-0.39, 0.29) is 5.91 Å². The zero-order valence-electron chi connectivity index (χ0n) is 16.1. The molecule has 2 aliphatic rings. The summed E-state index contributed by atoms with van der Waals surface area (Å²) in [7, 11) is 1.80. The number of likely N-dealkylation sites (N-methyl/N-ethyl adjacent to an activating group) is 1. The Labute approximate surface area is 164 Å². The summed E-state index contributed by atoms with van der Waals surface area (Å²) in [6.45, 7) is 3.42. The number of amides is 1. The highest BCUT2D eigenvalue weighted by atomic mass is 16.7. The van der Waals surface area contributed by atoms with Crippen molar-refractivity contribution in [2.24, 2.45) is 0 Å². The number of pyridine rings is 1. The Morgan fingerprint density at radius 2 is 1.86 bits per heavy atom. The van der Waals surface area contributed by atoms with Crippen molar-refractivity contribution in [1.82, 2.24) is 19.9 Å². The molecule has 0 atom stereocenters. The zero-order chi connectivity index (χ0) is 19.4. The molecule has 0 bridgehead atoms. The van der Waals surface area contributed by atoms with Gasteiger partial charge in [0.2, 0.25) is 5.95 Å². The number of carbonyl (C=O) groups is 1. The van der Waals surface area contributed by atoms with Gasteiger partial charge in [-0.25, -0.2) is 9.97 Å². The van der Waals surface area contributed by atoms with Crippen molar-refractivity contribution in [3.63, 3.8) is 0 Å². The van der Waals surface area contributed by atoms with Crippen molar-refractivity contribution in [3.05, 3.63) is 48.0 Å². The van der Waals surface area contributed by atoms with Gasteiger partial charge in [0.15, 0.2) is 5.79 Å². The van der Waals surface area contributed by atoms with Crippen LogP contribution in [0.3, 0.4) is 0 Å². The molecule has 4 heterocycles. The maximum Gasteiger partial charge on any atom is 0.272 e. The summed E-state index contributed by atoms with van der Waals surface area (Å²) in [5.74, 6) is 0.0479. The molecule has 4 rings (SSSR count). The number of nitrogens with zero attached hydrogens (tertiary/aromatic N) is 5. The number of hydrogen-bond acceptors (Lipinski definition) is 7. The van der Waals surface area contributed by atoms with Gasteiger partial charge in [-0.15, -0.1) is 0 Å². The molecule has 1 amide bonds. The Morgan fingerprint density at radius 1 is 1.14 bits per heavy atom. The zero-order valence-corrected chi connectivity index (χ0v) is 16.1. The average Bonchev–Trinajstić information content (AvgIpc) is 3.20. The molecule has 2 aromatic heterocycles. The summed E-state index contributed by atoms with van der Waals surface area (Å²) < 4.78 is 11.5. The Bertz CT molecular complexity index is 800. The van der Waals surface area contributed by atoms with Crippen LogP contribution in [0.25, 0.3) is 0 Å². The van der Waals surface area contributed by atoms with Crippen LogP contribution in [0.2, 0.25) is 0 Å². The quantitative estimate of drug-likeness (QED) is 0.774. The van der Waals surface area contributed by atoms with Gasteiger partial charge in [-0.1, -0.05) is 0 Å². The van der Waals surface area contributed by atoms with Gasteiger partial charge in [-0.2, -0.15) is 0 Å². The Kier molecular flexibility index (Phi) is 5.50. The van der Waals surface area contributed by atoms with Gasteiger partial charge in [0, 0.05) is 58.1 Å². The molecular weight excluding hydrogens is 358 g/mol. The Balaban J connectivity index is 1.37. The number of ether oxygens (including phenoxy) is 2. The first-order valence-electron chi connectivity index (χ1n) is 9.65. The minimum absolute atomic E-state index is 0.103. The topological polar surface area (TPSA) is 80.7 Å². The van der Waals surface area contributed by atoms with E-state index in [4.69, 9.17) is 9.47 Å². The molecule has 8 heteroatoms. The van der Waals surface area contributed by atoms with Crippen LogP contribution in [-0.2, 0) is 15.9 Å². The minimum Gasteiger partial charge on any atom is -0.347 e. The SMILES string of the molecule is CN(CCc1ccncc1)C(=O)c1ccnc(N2CCC3(CC2)OCCO3)n1. The fourth-order valence-electron chi connectivity index (χ4n) is 3.60. The predicted molar refractivity (Wildman–Crippen MR) is 103 cm³/mol. The Morgan fingerprint density at radius 3 is 2.57 bits per heavy atom. The van der Waals surface area contributed by atoms with Gasteiger partial charge in [0.05, 0.1) is 13.2 Å². The van der Waals surface area contributed by atoms with Gasteiger partial charge in [0.25, 0.3) is 5.91 Å². The van der Waals surface area contributed by atoms with Gasteiger partial charge >= 0.3 is 0 Å². The van der Waals surface area contributed by atoms with Gasteiger partial charge in [-0.3, -0.25) is 9.78 Å². The number of hydrogen-bond donors (Lipinski definition) is 0. The number of carbonyl (C=O) groups excluding carboxylic acids is 1. The monoisotopic (exact) mass is 383 g/mol. The van der Waals surface area contributed by atoms with Crippen molar-refractivity contribution in [1.29, 1.82) is 0 Å². The highest BCUT2D eigenvalue weighted by molar-refractivity contribution is 5.92. The molecule has 2 fully saturated rings. The lowest BCUT2D eigenvalue weighted by molar-refractivity contribution is -0.169. The van der Waals surface area contributed by atoms with Crippen LogP contribution >= 0.6 is 0 Å². The molecule has 2 aliphatic heterocycles. The van der Waals surface area contributed by atoms with Crippen LogP contribution < -0.4 is 4.90 Å². The van der Waals surface area contributed by atoms with Crippen LogP contribution in [0.5, 0.6) is 0 Å². The maximum atomic E-state index is 12.8. The molecule has 0 aliphatic carbocycles. The lowest BCUT2D eigenvalue weighted by Gasteiger charge is -2.37. The number of aromatic nitrogens is 3. The molecular formula is C20H25N5O3. The maximum absolute atomic E-state index is 12.8. The van der Waals surface area contributed by atoms with Crippen molar-refractivity contribution < 1.29 is 14.3 Å². The second-order valence-electron chi connectivity index (χ2n) is 7.17. The summed E-state index contributed by atoms with van der Waals surface area (Å²) in [5, 5.41) is 0. The van der Waals surface area contributed by atoms with E-state index >= 15 is 0 Å². The van der Waals surface area contributed by atoms with Crippen LogP contribution in [0, 0.1) is 0 Å². The molecule has 0 N–H and O–H groups in total. The first-order valence-corrected chi connectivity index (χ1v) is 9.65. The summed E-state index contributed by atoms with van der Waals surface area (Å²) in [4.78, 5) is 29.5. The fraction of sp³-hybridized carbons (Fsp3) is 0.500. The first kappa shape index (κ1) is 18.8. The van der Waals surface area contributed by atoms with Crippen LogP contribution in [0.1, 0.15) is 28.9 Å². The van der Waals surface area contributed by atoms with Crippen molar-refractivity contribution in [2.75, 3.05) is 44.8 Å². The van der Waals surface area contributed by atoms with Crippen molar-refractivity contribution in [3.8, 4) is 0 Å². The third-order valence-electron chi connectivity index (χ3n) is 5.32. The minimum atomic E-state index is -0.433. The number of piperidine rings is 1. The standard InChI is InChI=1S/C20H25N5O3/c1-24(11-5-16-2-8-21-9-3-16)18(26)17-4-10-22-19(23-17)25-12-6-20(7-13-25)27-14-15-28-20/h2-4,8-10H,5-7,11-15H2,1H3. The molecule has 148 valence electrons. The summed E-state index contributed by atoms with van der Waals surface area (Å²) in [5.41, 5.74) is 1.56. The lowest BCUT2D eigenvalue weighted by atomic mass is 10.0. The molecule has 2 aromatic rings. The average molecular weight is 383 g/mol. The summed E-state index contributed by atoms with van der Waals surface area (Å²) >= 11 is 0. The van der Waals surface area contributed by atoms with Crippen LogP contribution in [0.4, 0.5) is 5.95 Å². The largest absolute Gasteiger partial charge is 0.347 e. The molecule has 0 unspecified atom stereocenters.